The summed E-state index contributed by atoms with van der Waals surface area (Å²) in [5, 5.41) is 24.8. The summed E-state index contributed by atoms with van der Waals surface area (Å²) in [5.41, 5.74) is 2.68. The molecule has 0 fully saturated rings. The standard InChI is InChI=1S/C21H13BrN2O3S2/c22-14-6-8-17(25)13(9-14)11-23-24-20(27)19(29-21(24)28)10-16-15-4-2-1-3-12(15)5-7-18(16)26/h1-11,25,27H. The number of aromatic nitrogens is 1. The Morgan fingerprint density at radius 3 is 2.76 bits per heavy atom. The number of allylic oxidation sites excluding steroid dienone is 2. The Bertz CT molecular complexity index is 1290. The summed E-state index contributed by atoms with van der Waals surface area (Å²) in [7, 11) is 0. The minimum Gasteiger partial charge on any atom is -0.507 e. The SMILES string of the molecule is O=C1C=Cc2ccccc2C1=Cc1sc(=S)n(N=Cc2cc(Br)ccc2O)c1O. The van der Waals surface area contributed by atoms with E-state index in [-0.39, 0.29) is 17.4 Å². The summed E-state index contributed by atoms with van der Waals surface area (Å²) in [6.45, 7) is 0. The van der Waals surface area contributed by atoms with Crippen LogP contribution in [0.2, 0.25) is 0 Å². The first-order valence-electron chi connectivity index (χ1n) is 8.45. The normalized spacial score (nSPS) is 14.7. The number of ketones is 1. The van der Waals surface area contributed by atoms with Crippen molar-refractivity contribution in [2.45, 2.75) is 0 Å². The summed E-state index contributed by atoms with van der Waals surface area (Å²) in [6.07, 6.45) is 6.32. The summed E-state index contributed by atoms with van der Waals surface area (Å²) in [5.74, 6) is -0.258. The van der Waals surface area contributed by atoms with Crippen LogP contribution in [-0.2, 0) is 4.79 Å². The molecule has 0 saturated carbocycles. The van der Waals surface area contributed by atoms with Gasteiger partial charge in [0.25, 0.3) is 0 Å². The average Bonchev–Trinajstić information content (AvgIpc) is 2.97. The largest absolute Gasteiger partial charge is 0.507 e. The van der Waals surface area contributed by atoms with Crippen LogP contribution in [0.25, 0.3) is 17.7 Å². The first kappa shape index (κ1) is 19.5. The van der Waals surface area contributed by atoms with Crippen molar-refractivity contribution in [1.29, 1.82) is 0 Å². The number of hydrogen-bond acceptors (Lipinski definition) is 6. The van der Waals surface area contributed by atoms with Crippen LogP contribution in [0.5, 0.6) is 11.6 Å². The number of phenolic OH excluding ortho intramolecular Hbond substituents is 1. The van der Waals surface area contributed by atoms with Gasteiger partial charge in [-0.1, -0.05) is 57.6 Å². The molecule has 8 heteroatoms. The molecular weight excluding hydrogens is 472 g/mol. The molecule has 144 valence electrons. The molecule has 0 spiro atoms. The Labute approximate surface area is 183 Å². The van der Waals surface area contributed by atoms with Crippen LogP contribution in [0.15, 0.2) is 58.1 Å². The van der Waals surface area contributed by atoms with E-state index in [1.165, 1.54) is 23.0 Å². The van der Waals surface area contributed by atoms with E-state index >= 15 is 0 Å². The molecule has 3 aromatic rings. The zero-order valence-corrected chi connectivity index (χ0v) is 18.0. The van der Waals surface area contributed by atoms with Crippen LogP contribution in [0.4, 0.5) is 0 Å². The number of halogens is 1. The Morgan fingerprint density at radius 2 is 1.93 bits per heavy atom. The van der Waals surface area contributed by atoms with Gasteiger partial charge in [0.05, 0.1) is 11.1 Å². The predicted octanol–water partition coefficient (Wildman–Crippen LogP) is 5.47. The van der Waals surface area contributed by atoms with Crippen molar-refractivity contribution in [3.8, 4) is 11.6 Å². The fraction of sp³-hybridized carbons (Fsp3) is 0. The third-order valence-corrected chi connectivity index (χ3v) is 6.08. The molecule has 5 nitrogen and oxygen atoms in total. The Hall–Kier alpha value is -2.81. The molecule has 29 heavy (non-hydrogen) atoms. The van der Waals surface area contributed by atoms with Gasteiger partial charge >= 0.3 is 0 Å². The highest BCUT2D eigenvalue weighted by Gasteiger charge is 2.19. The number of nitrogens with zero attached hydrogens (tertiary/aromatic N) is 2. The Balaban J connectivity index is 1.75. The molecule has 1 aliphatic carbocycles. The van der Waals surface area contributed by atoms with E-state index in [2.05, 4.69) is 21.0 Å². The highest BCUT2D eigenvalue weighted by atomic mass is 79.9. The number of fused-ring (bicyclic) bond motifs is 1. The second-order valence-electron chi connectivity index (χ2n) is 6.16. The van der Waals surface area contributed by atoms with E-state index < -0.39 is 0 Å². The fourth-order valence-corrected chi connectivity index (χ4v) is 4.42. The van der Waals surface area contributed by atoms with Gasteiger partial charge in [0.1, 0.15) is 5.75 Å². The molecule has 2 N–H and O–H groups in total. The first-order valence-corrected chi connectivity index (χ1v) is 10.5. The second kappa shape index (κ2) is 7.90. The predicted molar refractivity (Wildman–Crippen MR) is 122 cm³/mol. The third-order valence-electron chi connectivity index (χ3n) is 4.30. The number of benzene rings is 2. The van der Waals surface area contributed by atoms with Gasteiger partial charge in [-0.15, -0.1) is 0 Å². The summed E-state index contributed by atoms with van der Waals surface area (Å²) in [6, 6.07) is 12.5. The number of aromatic hydroxyl groups is 2. The van der Waals surface area contributed by atoms with Crippen LogP contribution >= 0.6 is 39.5 Å². The van der Waals surface area contributed by atoms with E-state index in [1.54, 1.807) is 24.3 Å². The number of thiazole rings is 1. The molecule has 2 aromatic carbocycles. The van der Waals surface area contributed by atoms with Crippen molar-refractivity contribution in [1.82, 2.24) is 4.68 Å². The molecule has 1 aliphatic rings. The zero-order chi connectivity index (χ0) is 20.5. The molecule has 0 aliphatic heterocycles. The van der Waals surface area contributed by atoms with Gasteiger partial charge in [0.15, 0.2) is 9.74 Å². The number of phenols is 1. The van der Waals surface area contributed by atoms with Crippen molar-refractivity contribution in [3.63, 3.8) is 0 Å². The number of hydrogen-bond donors (Lipinski definition) is 2. The van der Waals surface area contributed by atoms with E-state index in [0.29, 0.717) is 20.0 Å². The van der Waals surface area contributed by atoms with Gasteiger partial charge in [-0.25, -0.2) is 0 Å². The van der Waals surface area contributed by atoms with Crippen molar-refractivity contribution < 1.29 is 15.0 Å². The maximum Gasteiger partial charge on any atom is 0.232 e. The molecule has 0 bridgehead atoms. The van der Waals surface area contributed by atoms with Crippen molar-refractivity contribution >= 4 is 69.2 Å². The molecular formula is C21H13BrN2O3S2. The van der Waals surface area contributed by atoms with Crippen molar-refractivity contribution in [3.05, 3.63) is 78.5 Å². The maximum absolute atomic E-state index is 12.4. The Kier molecular flexibility index (Phi) is 5.31. The van der Waals surface area contributed by atoms with Crippen LogP contribution in [0, 0.1) is 3.95 Å². The minimum absolute atomic E-state index is 0.0525. The average molecular weight is 485 g/mol. The maximum atomic E-state index is 12.4. The quantitative estimate of drug-likeness (QED) is 0.293. The highest BCUT2D eigenvalue weighted by Crippen LogP contribution is 2.34. The van der Waals surface area contributed by atoms with E-state index in [4.69, 9.17) is 12.2 Å². The van der Waals surface area contributed by atoms with Gasteiger partial charge in [0, 0.05) is 15.6 Å². The van der Waals surface area contributed by atoms with E-state index in [9.17, 15) is 15.0 Å². The molecule has 0 atom stereocenters. The van der Waals surface area contributed by atoms with Gasteiger partial charge in [-0.05, 0) is 53.7 Å². The van der Waals surface area contributed by atoms with Gasteiger partial charge in [-0.2, -0.15) is 9.78 Å². The van der Waals surface area contributed by atoms with E-state index in [1.807, 2.05) is 24.3 Å². The molecule has 4 rings (SSSR count). The summed E-state index contributed by atoms with van der Waals surface area (Å²) < 4.78 is 2.29. The van der Waals surface area contributed by atoms with Crippen LogP contribution in [-0.4, -0.2) is 26.9 Å². The fourth-order valence-electron chi connectivity index (χ4n) is 2.87. The number of rotatable bonds is 3. The van der Waals surface area contributed by atoms with E-state index in [0.717, 1.165) is 26.9 Å². The second-order valence-corrected chi connectivity index (χ2v) is 8.75. The molecule has 0 saturated heterocycles. The molecule has 0 unspecified atom stereocenters. The summed E-state index contributed by atoms with van der Waals surface area (Å²) >= 11 is 9.80. The minimum atomic E-state index is -0.168. The monoisotopic (exact) mass is 484 g/mol. The lowest BCUT2D eigenvalue weighted by Crippen LogP contribution is -2.04. The Morgan fingerprint density at radius 1 is 1.14 bits per heavy atom. The zero-order valence-electron chi connectivity index (χ0n) is 14.7. The van der Waals surface area contributed by atoms with Crippen LogP contribution < -0.4 is 0 Å². The molecule has 1 heterocycles. The van der Waals surface area contributed by atoms with Crippen molar-refractivity contribution in [2.75, 3.05) is 0 Å². The molecule has 0 radical (unpaired) electrons. The van der Waals surface area contributed by atoms with Gasteiger partial charge < -0.3 is 10.2 Å². The number of carbonyl (C=O) groups is 1. The lowest BCUT2D eigenvalue weighted by molar-refractivity contribution is -0.109. The highest BCUT2D eigenvalue weighted by molar-refractivity contribution is 9.10. The van der Waals surface area contributed by atoms with Crippen LogP contribution in [0.1, 0.15) is 21.6 Å². The first-order chi connectivity index (χ1) is 13.9. The lowest BCUT2D eigenvalue weighted by Gasteiger charge is -2.12. The van der Waals surface area contributed by atoms with Crippen molar-refractivity contribution in [2.24, 2.45) is 5.10 Å². The smallest absolute Gasteiger partial charge is 0.232 e. The number of carbonyl (C=O) groups excluding carboxylic acids is 1. The van der Waals surface area contributed by atoms with Gasteiger partial charge in [-0.3, -0.25) is 4.79 Å². The summed E-state index contributed by atoms with van der Waals surface area (Å²) in [4.78, 5) is 12.8. The molecule has 1 aromatic heterocycles. The topological polar surface area (TPSA) is 74.8 Å². The lowest BCUT2D eigenvalue weighted by atomic mass is 9.91. The third kappa shape index (κ3) is 3.87. The molecule has 0 amide bonds. The van der Waals surface area contributed by atoms with Gasteiger partial charge in [0.2, 0.25) is 5.88 Å². The van der Waals surface area contributed by atoms with Crippen LogP contribution in [0.3, 0.4) is 0 Å².